The Labute approximate surface area is 110 Å². The lowest BCUT2D eigenvalue weighted by molar-refractivity contribution is 0.571. The minimum atomic E-state index is 0.614. The monoisotopic (exact) mass is 296 g/mol. The third-order valence-corrected chi connectivity index (χ3v) is 3.84. The van der Waals surface area contributed by atoms with Gasteiger partial charge in [0.25, 0.3) is 0 Å². The van der Waals surface area contributed by atoms with Gasteiger partial charge in [-0.3, -0.25) is 0 Å². The van der Waals surface area contributed by atoms with Crippen molar-refractivity contribution in [2.45, 2.75) is 37.8 Å². The highest BCUT2D eigenvalue weighted by Crippen LogP contribution is 2.30. The third kappa shape index (κ3) is 2.77. The molecule has 0 bridgehead atoms. The molecule has 0 radical (unpaired) electrons. The first-order valence-electron chi connectivity index (χ1n) is 6.30. The van der Waals surface area contributed by atoms with E-state index in [4.69, 9.17) is 0 Å². The molecule has 17 heavy (non-hydrogen) atoms. The molecule has 0 aromatic carbocycles. The van der Waals surface area contributed by atoms with Crippen LogP contribution in [-0.4, -0.2) is 35.1 Å². The summed E-state index contributed by atoms with van der Waals surface area (Å²) in [5.74, 6) is 0.879. The van der Waals surface area contributed by atoms with Crippen LogP contribution < -0.4 is 10.2 Å². The minimum Gasteiger partial charge on any atom is -0.336 e. The van der Waals surface area contributed by atoms with Crippen LogP contribution in [0.25, 0.3) is 0 Å². The van der Waals surface area contributed by atoms with Crippen LogP contribution in [0.15, 0.2) is 16.9 Å². The summed E-state index contributed by atoms with van der Waals surface area (Å²) in [4.78, 5) is 11.2. The van der Waals surface area contributed by atoms with E-state index in [2.05, 4.69) is 36.1 Å². The predicted molar refractivity (Wildman–Crippen MR) is 71.1 cm³/mol. The Morgan fingerprint density at radius 2 is 2.06 bits per heavy atom. The number of hydrogen-bond donors (Lipinski definition) is 1. The zero-order valence-corrected chi connectivity index (χ0v) is 11.4. The quantitative estimate of drug-likeness (QED) is 0.922. The Balaban J connectivity index is 1.72. The average molecular weight is 297 g/mol. The van der Waals surface area contributed by atoms with Gasteiger partial charge in [0.05, 0.1) is 4.47 Å². The van der Waals surface area contributed by atoms with Crippen LogP contribution in [0.3, 0.4) is 0 Å². The zero-order chi connectivity index (χ0) is 11.7. The lowest BCUT2D eigenvalue weighted by Gasteiger charge is -2.25. The molecule has 1 N–H and O–H groups in total. The smallest absolute Gasteiger partial charge is 0.225 e. The normalized spacial score (nSPS) is 23.9. The Bertz CT molecular complexity index is 371. The first-order chi connectivity index (χ1) is 8.33. The zero-order valence-electron chi connectivity index (χ0n) is 9.77. The summed E-state index contributed by atoms with van der Waals surface area (Å²) >= 11 is 3.38. The molecule has 4 nitrogen and oxygen atoms in total. The van der Waals surface area contributed by atoms with Crippen molar-refractivity contribution >= 4 is 21.9 Å². The van der Waals surface area contributed by atoms with Gasteiger partial charge in [-0.2, -0.15) is 0 Å². The minimum absolute atomic E-state index is 0.614. The molecule has 0 amide bonds. The van der Waals surface area contributed by atoms with Crippen LogP contribution >= 0.6 is 15.9 Å². The number of halogens is 1. The maximum absolute atomic E-state index is 4.42. The van der Waals surface area contributed by atoms with Crippen LogP contribution in [-0.2, 0) is 0 Å². The number of anilines is 1. The van der Waals surface area contributed by atoms with E-state index in [9.17, 15) is 0 Å². The summed E-state index contributed by atoms with van der Waals surface area (Å²) in [6.07, 6.45) is 8.81. The van der Waals surface area contributed by atoms with Crippen molar-refractivity contribution in [1.82, 2.24) is 15.3 Å². The summed E-state index contributed by atoms with van der Waals surface area (Å²) in [7, 11) is 0. The first kappa shape index (κ1) is 11.4. The van der Waals surface area contributed by atoms with E-state index in [0.717, 1.165) is 23.5 Å². The van der Waals surface area contributed by atoms with Gasteiger partial charge in [-0.05, 0) is 48.2 Å². The summed E-state index contributed by atoms with van der Waals surface area (Å²) in [6, 6.07) is 1.28. The van der Waals surface area contributed by atoms with E-state index < -0.39 is 0 Å². The van der Waals surface area contributed by atoms with E-state index in [1.165, 1.54) is 25.7 Å². The molecule has 1 aromatic heterocycles. The van der Waals surface area contributed by atoms with Crippen LogP contribution in [0, 0.1) is 0 Å². The largest absolute Gasteiger partial charge is 0.336 e. The van der Waals surface area contributed by atoms with E-state index >= 15 is 0 Å². The van der Waals surface area contributed by atoms with Gasteiger partial charge in [0, 0.05) is 31.0 Å². The van der Waals surface area contributed by atoms with Crippen molar-refractivity contribution in [2.75, 3.05) is 18.0 Å². The Morgan fingerprint density at radius 3 is 2.65 bits per heavy atom. The highest BCUT2D eigenvalue weighted by Gasteiger charge is 2.32. The highest BCUT2D eigenvalue weighted by molar-refractivity contribution is 9.10. The van der Waals surface area contributed by atoms with Crippen LogP contribution in [0.5, 0.6) is 0 Å². The van der Waals surface area contributed by atoms with Crippen molar-refractivity contribution in [3.8, 4) is 0 Å². The summed E-state index contributed by atoms with van der Waals surface area (Å²) in [5.41, 5.74) is 0. The number of aromatic nitrogens is 2. The fourth-order valence-electron chi connectivity index (χ4n) is 2.38. The number of hydrogen-bond acceptors (Lipinski definition) is 4. The first-order valence-corrected chi connectivity index (χ1v) is 7.10. The fourth-order valence-corrected chi connectivity index (χ4v) is 2.59. The number of nitrogens with zero attached hydrogens (tertiary/aromatic N) is 3. The molecule has 5 heteroatoms. The van der Waals surface area contributed by atoms with E-state index in [1.807, 2.05) is 12.4 Å². The molecule has 1 aliphatic heterocycles. The van der Waals surface area contributed by atoms with Gasteiger partial charge in [-0.25, -0.2) is 9.97 Å². The van der Waals surface area contributed by atoms with Gasteiger partial charge in [0.15, 0.2) is 0 Å². The maximum Gasteiger partial charge on any atom is 0.225 e. The predicted octanol–water partition coefficient (Wildman–Crippen LogP) is 1.96. The molecule has 3 rings (SSSR count). The van der Waals surface area contributed by atoms with Crippen LogP contribution in [0.2, 0.25) is 0 Å². The molecular weight excluding hydrogens is 280 g/mol. The molecule has 1 saturated heterocycles. The molecule has 2 aliphatic rings. The average Bonchev–Trinajstić information content (AvgIpc) is 3.05. The molecular formula is C12H17BrN4. The number of nitrogens with one attached hydrogen (secondary N) is 1. The van der Waals surface area contributed by atoms with Gasteiger partial charge in [-0.15, -0.1) is 0 Å². The SMILES string of the molecule is Brc1cnc(N(CC2CCCN2)C2CC2)nc1. The summed E-state index contributed by atoms with van der Waals surface area (Å²) in [6.45, 7) is 2.21. The number of rotatable bonds is 4. The summed E-state index contributed by atoms with van der Waals surface area (Å²) < 4.78 is 0.941. The maximum atomic E-state index is 4.42. The molecule has 1 atom stereocenters. The molecule has 92 valence electrons. The lowest BCUT2D eigenvalue weighted by Crippen LogP contribution is -2.39. The van der Waals surface area contributed by atoms with Crippen LogP contribution in [0.1, 0.15) is 25.7 Å². The molecule has 0 spiro atoms. The molecule has 1 saturated carbocycles. The standard InChI is InChI=1S/C12H17BrN4/c13-9-6-15-12(16-7-9)17(11-3-4-11)8-10-2-1-5-14-10/h6-7,10-11,14H,1-5,8H2. The molecule has 1 unspecified atom stereocenters. The van der Waals surface area contributed by atoms with Gasteiger partial charge >= 0.3 is 0 Å². The second kappa shape index (κ2) is 4.90. The van der Waals surface area contributed by atoms with Crippen molar-refractivity contribution in [3.05, 3.63) is 16.9 Å². The molecule has 1 aliphatic carbocycles. The van der Waals surface area contributed by atoms with E-state index in [0.29, 0.717) is 12.1 Å². The van der Waals surface area contributed by atoms with E-state index in [1.54, 1.807) is 0 Å². The third-order valence-electron chi connectivity index (χ3n) is 3.43. The van der Waals surface area contributed by atoms with Gasteiger partial charge in [0.2, 0.25) is 5.95 Å². The lowest BCUT2D eigenvalue weighted by atomic mass is 10.2. The van der Waals surface area contributed by atoms with Crippen LogP contribution in [0.4, 0.5) is 5.95 Å². The summed E-state index contributed by atoms with van der Waals surface area (Å²) in [5, 5.41) is 3.54. The second-order valence-electron chi connectivity index (χ2n) is 4.88. The topological polar surface area (TPSA) is 41.1 Å². The van der Waals surface area contributed by atoms with Gasteiger partial charge in [-0.1, -0.05) is 0 Å². The fraction of sp³-hybridized carbons (Fsp3) is 0.667. The van der Waals surface area contributed by atoms with Crippen molar-refractivity contribution < 1.29 is 0 Å². The van der Waals surface area contributed by atoms with Gasteiger partial charge in [0.1, 0.15) is 0 Å². The molecule has 1 aromatic rings. The van der Waals surface area contributed by atoms with E-state index in [-0.39, 0.29) is 0 Å². The van der Waals surface area contributed by atoms with Crippen molar-refractivity contribution in [1.29, 1.82) is 0 Å². The van der Waals surface area contributed by atoms with Gasteiger partial charge < -0.3 is 10.2 Å². The second-order valence-corrected chi connectivity index (χ2v) is 5.79. The Hall–Kier alpha value is -0.680. The Kier molecular flexibility index (Phi) is 3.29. The Morgan fingerprint density at radius 1 is 1.29 bits per heavy atom. The van der Waals surface area contributed by atoms with Crippen molar-refractivity contribution in [2.24, 2.45) is 0 Å². The molecule has 2 heterocycles. The van der Waals surface area contributed by atoms with Crippen molar-refractivity contribution in [3.63, 3.8) is 0 Å². The molecule has 2 fully saturated rings. The highest BCUT2D eigenvalue weighted by atomic mass is 79.9.